The standard InChI is InChI=1S/C5H9NO2S/c1-2-4-9(7,8)5-3-6/h1H,3-6H2. The van der Waals surface area contributed by atoms with Crippen LogP contribution in [0.4, 0.5) is 0 Å². The second-order valence-corrected chi connectivity index (χ2v) is 3.77. The van der Waals surface area contributed by atoms with Crippen molar-refractivity contribution in [1.82, 2.24) is 0 Å². The van der Waals surface area contributed by atoms with Gasteiger partial charge in [-0.2, -0.15) is 0 Å². The number of sulfone groups is 1. The third kappa shape index (κ3) is 4.01. The molecule has 9 heavy (non-hydrogen) atoms. The molecule has 4 heteroatoms. The smallest absolute Gasteiger partial charge is 0.162 e. The Balaban J connectivity index is 3.93. The highest BCUT2D eigenvalue weighted by atomic mass is 32.2. The molecule has 0 aliphatic carbocycles. The summed E-state index contributed by atoms with van der Waals surface area (Å²) < 4.78 is 21.2. The molecule has 0 unspecified atom stereocenters. The first-order chi connectivity index (χ1) is 4.12. The van der Waals surface area contributed by atoms with Crippen LogP contribution in [0, 0.1) is 12.3 Å². The average Bonchev–Trinajstić information content (AvgIpc) is 1.64. The average molecular weight is 147 g/mol. The van der Waals surface area contributed by atoms with Crippen LogP contribution in [0.3, 0.4) is 0 Å². The summed E-state index contributed by atoms with van der Waals surface area (Å²) >= 11 is 0. The third-order valence-electron chi connectivity index (χ3n) is 0.732. The van der Waals surface area contributed by atoms with Gasteiger partial charge in [-0.1, -0.05) is 5.92 Å². The Hall–Kier alpha value is -0.530. The summed E-state index contributed by atoms with van der Waals surface area (Å²) in [5.74, 6) is 1.83. The van der Waals surface area contributed by atoms with Gasteiger partial charge in [0, 0.05) is 6.54 Å². The minimum atomic E-state index is -3.04. The lowest BCUT2D eigenvalue weighted by Crippen LogP contribution is -2.17. The van der Waals surface area contributed by atoms with E-state index in [1.54, 1.807) is 0 Å². The fourth-order valence-corrected chi connectivity index (χ4v) is 1.14. The fourth-order valence-electron chi connectivity index (χ4n) is 0.379. The third-order valence-corrected chi connectivity index (χ3v) is 2.20. The fraction of sp³-hybridized carbons (Fsp3) is 0.600. The second-order valence-electron chi connectivity index (χ2n) is 1.58. The lowest BCUT2D eigenvalue weighted by molar-refractivity contribution is 0.599. The van der Waals surface area contributed by atoms with E-state index in [9.17, 15) is 8.42 Å². The Morgan fingerprint density at radius 1 is 1.56 bits per heavy atom. The van der Waals surface area contributed by atoms with Crippen molar-refractivity contribution in [3.05, 3.63) is 0 Å². The van der Waals surface area contributed by atoms with Gasteiger partial charge in [0.2, 0.25) is 0 Å². The minimum Gasteiger partial charge on any atom is -0.329 e. The van der Waals surface area contributed by atoms with E-state index in [1.165, 1.54) is 0 Å². The van der Waals surface area contributed by atoms with Crippen molar-refractivity contribution in [2.45, 2.75) is 0 Å². The molecule has 0 bridgehead atoms. The van der Waals surface area contributed by atoms with Gasteiger partial charge in [0.15, 0.2) is 9.84 Å². The summed E-state index contributed by atoms with van der Waals surface area (Å²) in [6, 6.07) is 0. The number of hydrogen-bond donors (Lipinski definition) is 1. The SMILES string of the molecule is C#CCS(=O)(=O)CCN. The molecule has 0 aromatic heterocycles. The zero-order chi connectivity index (χ0) is 7.33. The van der Waals surface area contributed by atoms with Gasteiger partial charge in [0.05, 0.1) is 5.75 Å². The summed E-state index contributed by atoms with van der Waals surface area (Å²) in [5.41, 5.74) is 5.00. The maximum atomic E-state index is 10.6. The van der Waals surface area contributed by atoms with Gasteiger partial charge in [0.1, 0.15) is 5.75 Å². The van der Waals surface area contributed by atoms with Gasteiger partial charge in [0.25, 0.3) is 0 Å². The maximum Gasteiger partial charge on any atom is 0.162 e. The van der Waals surface area contributed by atoms with Crippen molar-refractivity contribution in [2.75, 3.05) is 18.1 Å². The highest BCUT2D eigenvalue weighted by Gasteiger charge is 2.04. The predicted octanol–water partition coefficient (Wildman–Crippen LogP) is -1.01. The predicted molar refractivity (Wildman–Crippen MR) is 36.5 cm³/mol. The van der Waals surface area contributed by atoms with Crippen LogP contribution >= 0.6 is 0 Å². The molecular formula is C5H9NO2S. The normalized spacial score (nSPS) is 10.7. The zero-order valence-electron chi connectivity index (χ0n) is 5.00. The highest BCUT2D eigenvalue weighted by Crippen LogP contribution is 1.84. The summed E-state index contributed by atoms with van der Waals surface area (Å²) in [5, 5.41) is 0. The van der Waals surface area contributed by atoms with Crippen LogP contribution < -0.4 is 5.73 Å². The first-order valence-corrected chi connectivity index (χ1v) is 4.28. The largest absolute Gasteiger partial charge is 0.329 e. The summed E-state index contributed by atoms with van der Waals surface area (Å²) in [6.07, 6.45) is 4.77. The number of rotatable bonds is 3. The van der Waals surface area contributed by atoms with Crippen LogP contribution in [-0.4, -0.2) is 26.5 Å². The molecule has 0 atom stereocenters. The van der Waals surface area contributed by atoms with Gasteiger partial charge in [-0.05, 0) is 0 Å². The van der Waals surface area contributed by atoms with E-state index in [-0.39, 0.29) is 18.1 Å². The van der Waals surface area contributed by atoms with Gasteiger partial charge in [-0.25, -0.2) is 8.42 Å². The Kier molecular flexibility index (Phi) is 3.28. The van der Waals surface area contributed by atoms with Crippen LogP contribution in [0.5, 0.6) is 0 Å². The molecule has 0 spiro atoms. The van der Waals surface area contributed by atoms with Crippen LogP contribution in [-0.2, 0) is 9.84 Å². The summed E-state index contributed by atoms with van der Waals surface area (Å²) in [4.78, 5) is 0. The monoisotopic (exact) mass is 147 g/mol. The van der Waals surface area contributed by atoms with Crippen molar-refractivity contribution in [3.8, 4) is 12.3 Å². The number of hydrogen-bond acceptors (Lipinski definition) is 3. The van der Waals surface area contributed by atoms with E-state index in [0.717, 1.165) is 0 Å². The molecule has 0 radical (unpaired) electrons. The zero-order valence-corrected chi connectivity index (χ0v) is 5.82. The van der Waals surface area contributed by atoms with Crippen LogP contribution in [0.2, 0.25) is 0 Å². The van der Waals surface area contributed by atoms with Crippen LogP contribution in [0.25, 0.3) is 0 Å². The topological polar surface area (TPSA) is 60.2 Å². The molecule has 0 aromatic carbocycles. The molecule has 0 amide bonds. The van der Waals surface area contributed by atoms with Crippen molar-refractivity contribution in [3.63, 3.8) is 0 Å². The Labute approximate surface area is 55.2 Å². The van der Waals surface area contributed by atoms with E-state index < -0.39 is 9.84 Å². The number of nitrogens with two attached hydrogens (primary N) is 1. The maximum absolute atomic E-state index is 10.6. The van der Waals surface area contributed by atoms with Gasteiger partial charge in [-0.15, -0.1) is 6.42 Å². The van der Waals surface area contributed by atoms with Crippen molar-refractivity contribution >= 4 is 9.84 Å². The first kappa shape index (κ1) is 8.47. The molecule has 0 aliphatic heterocycles. The minimum absolute atomic E-state index is 0.0167. The Morgan fingerprint density at radius 2 is 2.11 bits per heavy atom. The number of terminal acetylenes is 1. The van der Waals surface area contributed by atoms with E-state index in [1.807, 2.05) is 5.92 Å². The van der Waals surface area contributed by atoms with E-state index >= 15 is 0 Å². The van der Waals surface area contributed by atoms with Gasteiger partial charge < -0.3 is 5.73 Å². The summed E-state index contributed by atoms with van der Waals surface area (Å²) in [7, 11) is -3.04. The molecule has 0 saturated heterocycles. The van der Waals surface area contributed by atoms with Crippen molar-refractivity contribution in [1.29, 1.82) is 0 Å². The van der Waals surface area contributed by atoms with Crippen LogP contribution in [0.1, 0.15) is 0 Å². The lowest BCUT2D eigenvalue weighted by Gasteiger charge is -1.93. The van der Waals surface area contributed by atoms with Gasteiger partial charge >= 0.3 is 0 Å². The van der Waals surface area contributed by atoms with Crippen molar-refractivity contribution in [2.24, 2.45) is 5.73 Å². The highest BCUT2D eigenvalue weighted by molar-refractivity contribution is 7.91. The molecular weight excluding hydrogens is 138 g/mol. The lowest BCUT2D eigenvalue weighted by atomic mass is 10.8. The molecule has 3 nitrogen and oxygen atoms in total. The Morgan fingerprint density at radius 3 is 2.44 bits per heavy atom. The van der Waals surface area contributed by atoms with E-state index in [0.29, 0.717) is 0 Å². The molecule has 0 heterocycles. The molecule has 52 valence electrons. The van der Waals surface area contributed by atoms with Crippen molar-refractivity contribution < 1.29 is 8.42 Å². The molecule has 0 aliphatic rings. The molecule has 2 N–H and O–H groups in total. The van der Waals surface area contributed by atoms with E-state index in [4.69, 9.17) is 12.2 Å². The quantitative estimate of drug-likeness (QED) is 0.520. The van der Waals surface area contributed by atoms with Gasteiger partial charge in [-0.3, -0.25) is 0 Å². The second kappa shape index (κ2) is 3.49. The molecule has 0 rings (SSSR count). The molecule has 0 fully saturated rings. The summed E-state index contributed by atoms with van der Waals surface area (Å²) in [6.45, 7) is 0.143. The van der Waals surface area contributed by atoms with Crippen LogP contribution in [0.15, 0.2) is 0 Å². The first-order valence-electron chi connectivity index (χ1n) is 2.46. The molecule has 0 aromatic rings. The Bertz CT molecular complexity index is 199. The molecule has 0 saturated carbocycles. The van der Waals surface area contributed by atoms with E-state index in [2.05, 4.69) is 0 Å².